The van der Waals surface area contributed by atoms with Crippen LogP contribution in [0.2, 0.25) is 0 Å². The van der Waals surface area contributed by atoms with Gasteiger partial charge in [0.1, 0.15) is 18.8 Å². The summed E-state index contributed by atoms with van der Waals surface area (Å²) in [4.78, 5) is 4.40. The molecule has 0 aromatic heterocycles. The number of nitrogens with two attached hydrogens (primary N) is 1. The van der Waals surface area contributed by atoms with Crippen molar-refractivity contribution in [2.75, 3.05) is 13.2 Å². The second-order valence-electron chi connectivity index (χ2n) is 3.44. The molecule has 0 amide bonds. The molecule has 4 nitrogen and oxygen atoms in total. The average molecular weight is 249 g/mol. The highest BCUT2D eigenvalue weighted by Crippen LogP contribution is 2.44. The molecule has 1 aliphatic rings. The van der Waals surface area contributed by atoms with Gasteiger partial charge in [-0.25, -0.2) is 5.90 Å². The zero-order valence-electron chi connectivity index (χ0n) is 8.71. The summed E-state index contributed by atoms with van der Waals surface area (Å²) in [6.45, 7) is 0.249. The molecule has 2 rings (SSSR count). The summed E-state index contributed by atoms with van der Waals surface area (Å²) in [7, 11) is 0. The molecule has 0 atom stereocenters. The van der Waals surface area contributed by atoms with Crippen LogP contribution < -0.4 is 15.4 Å². The third-order valence-electron chi connectivity index (χ3n) is 2.31. The van der Waals surface area contributed by atoms with Gasteiger partial charge >= 0.3 is 6.18 Å². The van der Waals surface area contributed by atoms with Crippen LogP contribution in [0.25, 0.3) is 0 Å². The number of hydrogen-bond acceptors (Lipinski definition) is 4. The van der Waals surface area contributed by atoms with Crippen molar-refractivity contribution in [3.8, 4) is 11.5 Å². The monoisotopic (exact) mass is 249 g/mol. The van der Waals surface area contributed by atoms with Crippen molar-refractivity contribution < 1.29 is 27.5 Å². The fraction of sp³-hybridized carbons (Fsp3) is 0.400. The van der Waals surface area contributed by atoms with Crippen LogP contribution in [0.5, 0.6) is 11.5 Å². The van der Waals surface area contributed by atoms with Gasteiger partial charge in [0.25, 0.3) is 0 Å². The van der Waals surface area contributed by atoms with E-state index < -0.39 is 11.7 Å². The van der Waals surface area contributed by atoms with Crippen molar-refractivity contribution in [1.82, 2.24) is 0 Å². The Balaban J connectivity index is 2.51. The minimum Gasteiger partial charge on any atom is -0.486 e. The molecule has 1 heterocycles. The van der Waals surface area contributed by atoms with E-state index in [1.807, 2.05) is 0 Å². The highest BCUT2D eigenvalue weighted by atomic mass is 19.4. The van der Waals surface area contributed by atoms with E-state index in [0.29, 0.717) is 5.56 Å². The van der Waals surface area contributed by atoms with Crippen LogP contribution in [0, 0.1) is 0 Å². The lowest BCUT2D eigenvalue weighted by atomic mass is 10.1. The quantitative estimate of drug-likeness (QED) is 0.813. The lowest BCUT2D eigenvalue weighted by Crippen LogP contribution is -2.20. The van der Waals surface area contributed by atoms with Crippen molar-refractivity contribution in [2.45, 2.75) is 12.8 Å². The molecule has 0 fully saturated rings. The van der Waals surface area contributed by atoms with Crippen LogP contribution in [0.3, 0.4) is 0 Å². The molecule has 0 saturated heterocycles. The fourth-order valence-corrected chi connectivity index (χ4v) is 1.62. The normalized spacial score (nSPS) is 14.8. The smallest absolute Gasteiger partial charge is 0.420 e. The summed E-state index contributed by atoms with van der Waals surface area (Å²) >= 11 is 0. The lowest BCUT2D eigenvalue weighted by molar-refractivity contribution is -0.139. The molecule has 17 heavy (non-hydrogen) atoms. The maximum atomic E-state index is 12.7. The summed E-state index contributed by atoms with van der Waals surface area (Å²) in [5, 5.41) is 0. The van der Waals surface area contributed by atoms with E-state index in [0.717, 1.165) is 6.07 Å². The number of halogens is 3. The molecule has 0 saturated carbocycles. The van der Waals surface area contributed by atoms with Gasteiger partial charge in [-0.05, 0) is 6.07 Å². The molecule has 94 valence electrons. The van der Waals surface area contributed by atoms with Crippen LogP contribution in [0.1, 0.15) is 11.1 Å². The fourth-order valence-electron chi connectivity index (χ4n) is 1.62. The Morgan fingerprint density at radius 2 is 1.82 bits per heavy atom. The second kappa shape index (κ2) is 4.42. The Kier molecular flexibility index (Phi) is 3.12. The predicted octanol–water partition coefficient (Wildman–Crippen LogP) is 1.87. The zero-order chi connectivity index (χ0) is 12.5. The first-order chi connectivity index (χ1) is 8.04. The standard InChI is InChI=1S/C10H10F3NO3/c11-10(12,13)7-2-1-6(5-17-14)8-9(7)16-4-3-15-8/h1-2H,3-5,14H2. The molecule has 7 heteroatoms. The van der Waals surface area contributed by atoms with Crippen molar-refractivity contribution >= 4 is 0 Å². The van der Waals surface area contributed by atoms with Crippen LogP contribution in [0.15, 0.2) is 12.1 Å². The highest BCUT2D eigenvalue weighted by Gasteiger charge is 2.37. The molecular formula is C10H10F3NO3. The van der Waals surface area contributed by atoms with E-state index in [-0.39, 0.29) is 31.3 Å². The van der Waals surface area contributed by atoms with Crippen LogP contribution in [0.4, 0.5) is 13.2 Å². The number of ether oxygens (including phenoxy) is 2. The Morgan fingerprint density at radius 3 is 2.41 bits per heavy atom. The third-order valence-corrected chi connectivity index (χ3v) is 2.31. The van der Waals surface area contributed by atoms with Gasteiger partial charge in [0.2, 0.25) is 0 Å². The number of alkyl halides is 3. The molecule has 2 N–H and O–H groups in total. The summed E-state index contributed by atoms with van der Waals surface area (Å²) < 4.78 is 48.3. The van der Waals surface area contributed by atoms with Gasteiger partial charge in [-0.2, -0.15) is 13.2 Å². The maximum Gasteiger partial charge on any atom is 0.420 e. The average Bonchev–Trinajstić information content (AvgIpc) is 2.28. The molecule has 1 aromatic rings. The number of fused-ring (bicyclic) bond motifs is 1. The van der Waals surface area contributed by atoms with Gasteiger partial charge in [0, 0.05) is 5.56 Å². The van der Waals surface area contributed by atoms with Gasteiger partial charge < -0.3 is 9.47 Å². The molecule has 1 aliphatic heterocycles. The minimum atomic E-state index is -4.48. The van der Waals surface area contributed by atoms with E-state index in [1.165, 1.54) is 6.07 Å². The highest BCUT2D eigenvalue weighted by molar-refractivity contribution is 5.53. The first kappa shape index (κ1) is 12.0. The Morgan fingerprint density at radius 1 is 1.18 bits per heavy atom. The van der Waals surface area contributed by atoms with Crippen LogP contribution >= 0.6 is 0 Å². The first-order valence-corrected chi connectivity index (χ1v) is 4.84. The molecule has 0 aliphatic carbocycles. The van der Waals surface area contributed by atoms with Crippen LogP contribution in [-0.2, 0) is 17.6 Å². The lowest BCUT2D eigenvalue weighted by Gasteiger charge is -2.24. The Bertz CT molecular complexity index is 420. The van der Waals surface area contributed by atoms with Crippen molar-refractivity contribution in [1.29, 1.82) is 0 Å². The van der Waals surface area contributed by atoms with Gasteiger partial charge in [-0.1, -0.05) is 6.07 Å². The van der Waals surface area contributed by atoms with Crippen LogP contribution in [-0.4, -0.2) is 13.2 Å². The van der Waals surface area contributed by atoms with Crippen molar-refractivity contribution in [3.05, 3.63) is 23.3 Å². The van der Waals surface area contributed by atoms with Crippen molar-refractivity contribution in [2.24, 2.45) is 5.90 Å². The summed E-state index contributed by atoms with van der Waals surface area (Å²) in [6.07, 6.45) is -4.48. The predicted molar refractivity (Wildman–Crippen MR) is 51.4 cm³/mol. The first-order valence-electron chi connectivity index (χ1n) is 4.84. The zero-order valence-corrected chi connectivity index (χ0v) is 8.71. The third kappa shape index (κ3) is 2.29. The molecule has 0 unspecified atom stereocenters. The van der Waals surface area contributed by atoms with Gasteiger partial charge in [0.05, 0.1) is 6.61 Å². The van der Waals surface area contributed by atoms with E-state index in [2.05, 4.69) is 4.84 Å². The van der Waals surface area contributed by atoms with E-state index >= 15 is 0 Å². The largest absolute Gasteiger partial charge is 0.486 e. The molecule has 0 bridgehead atoms. The van der Waals surface area contributed by atoms with E-state index in [1.54, 1.807) is 0 Å². The van der Waals surface area contributed by atoms with E-state index in [9.17, 15) is 13.2 Å². The Hall–Kier alpha value is -1.47. The number of rotatable bonds is 2. The van der Waals surface area contributed by atoms with E-state index in [4.69, 9.17) is 15.4 Å². The molecular weight excluding hydrogens is 239 g/mol. The maximum absolute atomic E-state index is 12.7. The Labute approximate surface area is 95.0 Å². The molecule has 0 radical (unpaired) electrons. The molecule has 0 spiro atoms. The van der Waals surface area contributed by atoms with Gasteiger partial charge in [0.15, 0.2) is 11.5 Å². The number of hydrogen-bond donors (Lipinski definition) is 1. The topological polar surface area (TPSA) is 53.7 Å². The van der Waals surface area contributed by atoms with Gasteiger partial charge in [-0.15, -0.1) is 0 Å². The minimum absolute atomic E-state index is 0.0379. The SMILES string of the molecule is NOCc1ccc(C(F)(F)F)c2c1OCCO2. The van der Waals surface area contributed by atoms with Crippen molar-refractivity contribution in [3.63, 3.8) is 0 Å². The summed E-state index contributed by atoms with van der Waals surface area (Å²) in [6, 6.07) is 2.20. The summed E-state index contributed by atoms with van der Waals surface area (Å²) in [5.41, 5.74) is -0.428. The second-order valence-corrected chi connectivity index (χ2v) is 3.44. The summed E-state index contributed by atoms with van der Waals surface area (Å²) in [5.74, 6) is 4.66. The van der Waals surface area contributed by atoms with Gasteiger partial charge in [-0.3, -0.25) is 4.84 Å². The molecule has 1 aromatic carbocycles. The number of benzene rings is 1.